The molecule has 1 aromatic carbocycles. The maximum Gasteiger partial charge on any atom is 0.335 e. The highest BCUT2D eigenvalue weighted by molar-refractivity contribution is 5.89. The summed E-state index contributed by atoms with van der Waals surface area (Å²) in [6, 6.07) is 5.70. The highest BCUT2D eigenvalue weighted by atomic mass is 16.4. The van der Waals surface area contributed by atoms with E-state index in [0.29, 0.717) is 5.56 Å². The van der Waals surface area contributed by atoms with Crippen molar-refractivity contribution in [3.8, 4) is 0 Å². The van der Waals surface area contributed by atoms with Crippen LogP contribution in [0.1, 0.15) is 49.0 Å². The number of aryl methyl sites for hydroxylation is 1. The van der Waals surface area contributed by atoms with Gasteiger partial charge in [-0.15, -0.1) is 0 Å². The fourth-order valence-corrected chi connectivity index (χ4v) is 3.13. The van der Waals surface area contributed by atoms with Crippen LogP contribution >= 0.6 is 0 Å². The van der Waals surface area contributed by atoms with Crippen LogP contribution in [0.4, 0.5) is 5.69 Å². The van der Waals surface area contributed by atoms with Gasteiger partial charge in [-0.2, -0.15) is 0 Å². The minimum absolute atomic E-state index is 0.406. The summed E-state index contributed by atoms with van der Waals surface area (Å²) in [6.45, 7) is 8.66. The number of rotatable bonds is 3. The van der Waals surface area contributed by atoms with Gasteiger partial charge in [-0.25, -0.2) is 4.79 Å². The molecule has 1 aromatic rings. The van der Waals surface area contributed by atoms with Crippen LogP contribution in [0.5, 0.6) is 0 Å². The number of hydrogen-bond donors (Lipinski definition) is 1. The third kappa shape index (κ3) is 3.33. The number of hydrogen-bond acceptors (Lipinski definition) is 2. The van der Waals surface area contributed by atoms with Gasteiger partial charge in [0, 0.05) is 18.8 Å². The SMILES string of the molecule is Cc1cc(N2CCCC(C(C)C)CC2)ccc1C(=O)O. The number of carboxylic acids is 1. The molecule has 1 N–H and O–H groups in total. The molecule has 2 rings (SSSR count). The van der Waals surface area contributed by atoms with Crippen molar-refractivity contribution >= 4 is 11.7 Å². The summed E-state index contributed by atoms with van der Waals surface area (Å²) in [7, 11) is 0. The van der Waals surface area contributed by atoms with E-state index in [0.717, 1.165) is 36.2 Å². The normalized spacial score (nSPS) is 20.0. The highest BCUT2D eigenvalue weighted by Gasteiger charge is 2.20. The van der Waals surface area contributed by atoms with Crippen LogP contribution in [-0.2, 0) is 0 Å². The van der Waals surface area contributed by atoms with Gasteiger partial charge in [-0.3, -0.25) is 0 Å². The van der Waals surface area contributed by atoms with Gasteiger partial charge in [0.1, 0.15) is 0 Å². The zero-order valence-electron chi connectivity index (χ0n) is 12.7. The van der Waals surface area contributed by atoms with E-state index in [1.54, 1.807) is 6.07 Å². The molecular weight excluding hydrogens is 250 g/mol. The summed E-state index contributed by atoms with van der Waals surface area (Å²) in [4.78, 5) is 13.5. The van der Waals surface area contributed by atoms with Crippen molar-refractivity contribution in [2.45, 2.75) is 40.0 Å². The third-order valence-corrected chi connectivity index (χ3v) is 4.52. The monoisotopic (exact) mass is 275 g/mol. The fourth-order valence-electron chi connectivity index (χ4n) is 3.13. The molecule has 1 aliphatic rings. The van der Waals surface area contributed by atoms with Crippen LogP contribution in [0.15, 0.2) is 18.2 Å². The number of anilines is 1. The first kappa shape index (κ1) is 14.9. The molecule has 110 valence electrons. The molecule has 1 saturated heterocycles. The van der Waals surface area contributed by atoms with Gasteiger partial charge < -0.3 is 10.0 Å². The summed E-state index contributed by atoms with van der Waals surface area (Å²) >= 11 is 0. The molecule has 1 heterocycles. The first-order valence-corrected chi connectivity index (χ1v) is 7.58. The molecule has 3 heteroatoms. The molecule has 1 unspecified atom stereocenters. The quantitative estimate of drug-likeness (QED) is 0.907. The Labute approximate surface area is 121 Å². The fraction of sp³-hybridized carbons (Fsp3) is 0.588. The number of carbonyl (C=O) groups is 1. The lowest BCUT2D eigenvalue weighted by Gasteiger charge is -2.24. The van der Waals surface area contributed by atoms with Crippen molar-refractivity contribution in [3.63, 3.8) is 0 Å². The Bertz CT molecular complexity index is 482. The second kappa shape index (κ2) is 6.29. The van der Waals surface area contributed by atoms with Crippen LogP contribution in [0.2, 0.25) is 0 Å². The van der Waals surface area contributed by atoms with Gasteiger partial charge in [-0.05, 0) is 61.8 Å². The second-order valence-electron chi connectivity index (χ2n) is 6.23. The lowest BCUT2D eigenvalue weighted by molar-refractivity contribution is 0.0696. The number of aromatic carboxylic acids is 1. The molecule has 3 nitrogen and oxygen atoms in total. The van der Waals surface area contributed by atoms with Crippen LogP contribution in [0.25, 0.3) is 0 Å². The number of carboxylic acid groups (broad SMARTS) is 1. The topological polar surface area (TPSA) is 40.5 Å². The van der Waals surface area contributed by atoms with E-state index < -0.39 is 5.97 Å². The average molecular weight is 275 g/mol. The summed E-state index contributed by atoms with van der Waals surface area (Å²) in [6.07, 6.45) is 3.76. The van der Waals surface area contributed by atoms with Crippen molar-refractivity contribution < 1.29 is 9.90 Å². The van der Waals surface area contributed by atoms with E-state index in [4.69, 9.17) is 5.11 Å². The molecule has 0 aliphatic carbocycles. The maximum absolute atomic E-state index is 11.1. The number of nitrogens with zero attached hydrogens (tertiary/aromatic N) is 1. The van der Waals surface area contributed by atoms with E-state index in [9.17, 15) is 4.79 Å². The molecule has 0 amide bonds. The van der Waals surface area contributed by atoms with E-state index in [1.807, 2.05) is 19.1 Å². The molecule has 1 aliphatic heterocycles. The molecule has 0 aromatic heterocycles. The van der Waals surface area contributed by atoms with Crippen molar-refractivity contribution in [1.29, 1.82) is 0 Å². The van der Waals surface area contributed by atoms with Gasteiger partial charge in [0.05, 0.1) is 5.56 Å². The van der Waals surface area contributed by atoms with Gasteiger partial charge in [0.15, 0.2) is 0 Å². The molecule has 0 saturated carbocycles. The van der Waals surface area contributed by atoms with Gasteiger partial charge in [0.25, 0.3) is 0 Å². The van der Waals surface area contributed by atoms with Crippen LogP contribution in [0, 0.1) is 18.8 Å². The summed E-state index contributed by atoms with van der Waals surface area (Å²) in [5.41, 5.74) is 2.42. The summed E-state index contributed by atoms with van der Waals surface area (Å²) in [5, 5.41) is 9.09. The molecule has 0 spiro atoms. The van der Waals surface area contributed by atoms with E-state index in [2.05, 4.69) is 18.7 Å². The predicted molar refractivity (Wildman–Crippen MR) is 82.5 cm³/mol. The van der Waals surface area contributed by atoms with Crippen LogP contribution < -0.4 is 4.90 Å². The maximum atomic E-state index is 11.1. The highest BCUT2D eigenvalue weighted by Crippen LogP contribution is 2.28. The standard InChI is InChI=1S/C17H25NO2/c1-12(2)14-5-4-9-18(10-8-14)15-6-7-16(17(19)20)13(3)11-15/h6-7,11-12,14H,4-5,8-10H2,1-3H3,(H,19,20). The minimum Gasteiger partial charge on any atom is -0.478 e. The van der Waals surface area contributed by atoms with E-state index in [-0.39, 0.29) is 0 Å². The van der Waals surface area contributed by atoms with E-state index >= 15 is 0 Å². The summed E-state index contributed by atoms with van der Waals surface area (Å²) in [5.74, 6) is 0.732. The first-order valence-electron chi connectivity index (χ1n) is 7.58. The minimum atomic E-state index is -0.843. The lowest BCUT2D eigenvalue weighted by atomic mass is 9.89. The zero-order valence-corrected chi connectivity index (χ0v) is 12.7. The smallest absolute Gasteiger partial charge is 0.335 e. The average Bonchev–Trinajstić information content (AvgIpc) is 2.63. The van der Waals surface area contributed by atoms with Crippen LogP contribution in [0.3, 0.4) is 0 Å². The van der Waals surface area contributed by atoms with Gasteiger partial charge in [0.2, 0.25) is 0 Å². The Morgan fingerprint density at radius 2 is 2.05 bits per heavy atom. The molecule has 20 heavy (non-hydrogen) atoms. The predicted octanol–water partition coefficient (Wildman–Crippen LogP) is 3.96. The summed E-state index contributed by atoms with van der Waals surface area (Å²) < 4.78 is 0. The van der Waals surface area contributed by atoms with Gasteiger partial charge in [-0.1, -0.05) is 13.8 Å². The Morgan fingerprint density at radius 3 is 2.65 bits per heavy atom. The van der Waals surface area contributed by atoms with Crippen molar-refractivity contribution in [2.24, 2.45) is 11.8 Å². The third-order valence-electron chi connectivity index (χ3n) is 4.52. The van der Waals surface area contributed by atoms with Crippen molar-refractivity contribution in [3.05, 3.63) is 29.3 Å². The second-order valence-corrected chi connectivity index (χ2v) is 6.23. The van der Waals surface area contributed by atoms with Gasteiger partial charge >= 0.3 is 5.97 Å². The van der Waals surface area contributed by atoms with Crippen molar-refractivity contribution in [2.75, 3.05) is 18.0 Å². The molecule has 1 fully saturated rings. The Balaban J connectivity index is 2.12. The Kier molecular flexibility index (Phi) is 4.69. The Hall–Kier alpha value is -1.51. The molecule has 1 atom stereocenters. The van der Waals surface area contributed by atoms with Crippen LogP contribution in [-0.4, -0.2) is 24.2 Å². The number of benzene rings is 1. The van der Waals surface area contributed by atoms with Crippen molar-refractivity contribution in [1.82, 2.24) is 0 Å². The largest absolute Gasteiger partial charge is 0.478 e. The lowest BCUT2D eigenvalue weighted by Crippen LogP contribution is -2.24. The molecule has 0 radical (unpaired) electrons. The zero-order chi connectivity index (χ0) is 14.7. The van der Waals surface area contributed by atoms with E-state index in [1.165, 1.54) is 19.3 Å². The molecule has 0 bridgehead atoms. The first-order chi connectivity index (χ1) is 9.49. The Morgan fingerprint density at radius 1 is 1.30 bits per heavy atom. The molecular formula is C17H25NO2.